The number of piperidine rings is 1. The number of hydrogen-bond acceptors (Lipinski definition) is 3. The molecule has 5 heteroatoms. The second-order valence-corrected chi connectivity index (χ2v) is 8.01. The van der Waals surface area contributed by atoms with Crippen molar-refractivity contribution in [2.75, 3.05) is 13.1 Å². The van der Waals surface area contributed by atoms with Crippen molar-refractivity contribution in [3.8, 4) is 5.69 Å². The number of nitrogens with zero attached hydrogens (tertiary/aromatic N) is 3. The van der Waals surface area contributed by atoms with E-state index in [0.717, 1.165) is 17.8 Å². The SMILES string of the molecule is CC1CCN(C(=O)c2cn(-c3ccccc3)nc2C(C)(C)C)CC1O. The quantitative estimate of drug-likeness (QED) is 0.913. The van der Waals surface area contributed by atoms with Crippen molar-refractivity contribution < 1.29 is 9.90 Å². The van der Waals surface area contributed by atoms with Crippen LogP contribution in [0.1, 0.15) is 50.2 Å². The molecule has 0 spiro atoms. The minimum absolute atomic E-state index is 0.0435. The van der Waals surface area contributed by atoms with E-state index in [4.69, 9.17) is 5.10 Å². The van der Waals surface area contributed by atoms with Crippen molar-refractivity contribution in [2.24, 2.45) is 5.92 Å². The molecule has 5 nitrogen and oxygen atoms in total. The van der Waals surface area contributed by atoms with Crippen LogP contribution in [0.15, 0.2) is 36.5 Å². The molecule has 0 aliphatic carbocycles. The van der Waals surface area contributed by atoms with E-state index in [2.05, 4.69) is 20.8 Å². The summed E-state index contributed by atoms with van der Waals surface area (Å²) >= 11 is 0. The van der Waals surface area contributed by atoms with Crippen molar-refractivity contribution in [2.45, 2.75) is 45.6 Å². The van der Waals surface area contributed by atoms with E-state index in [9.17, 15) is 9.90 Å². The van der Waals surface area contributed by atoms with Gasteiger partial charge < -0.3 is 10.0 Å². The number of carbonyl (C=O) groups excluding carboxylic acids is 1. The van der Waals surface area contributed by atoms with Crippen LogP contribution in [-0.4, -0.2) is 44.9 Å². The van der Waals surface area contributed by atoms with E-state index in [-0.39, 0.29) is 17.2 Å². The number of likely N-dealkylation sites (tertiary alicyclic amines) is 1. The molecule has 1 aromatic carbocycles. The predicted octanol–water partition coefficient (Wildman–Crippen LogP) is 3.01. The van der Waals surface area contributed by atoms with E-state index < -0.39 is 6.10 Å². The van der Waals surface area contributed by atoms with Crippen molar-refractivity contribution in [3.63, 3.8) is 0 Å². The van der Waals surface area contributed by atoms with Crippen molar-refractivity contribution in [1.82, 2.24) is 14.7 Å². The minimum Gasteiger partial charge on any atom is -0.391 e. The van der Waals surface area contributed by atoms with E-state index >= 15 is 0 Å². The summed E-state index contributed by atoms with van der Waals surface area (Å²) in [6.07, 6.45) is 2.19. The Hall–Kier alpha value is -2.14. The molecule has 1 amide bonds. The number of rotatable bonds is 2. The van der Waals surface area contributed by atoms with Gasteiger partial charge >= 0.3 is 0 Å². The Bertz CT molecular complexity index is 746. The molecule has 1 aromatic heterocycles. The standard InChI is InChI=1S/C20H27N3O2/c1-14-10-11-22(13-17(14)24)19(25)16-12-23(15-8-6-5-7-9-15)21-18(16)20(2,3)4/h5-9,12,14,17,24H,10-11,13H2,1-4H3. The molecule has 2 unspecified atom stereocenters. The van der Waals surface area contributed by atoms with Gasteiger partial charge in [-0.25, -0.2) is 4.68 Å². The molecule has 1 saturated heterocycles. The molecule has 1 aliphatic heterocycles. The van der Waals surface area contributed by atoms with Gasteiger partial charge in [-0.2, -0.15) is 5.10 Å². The van der Waals surface area contributed by atoms with Gasteiger partial charge in [0, 0.05) is 24.7 Å². The number of para-hydroxylation sites is 1. The third-order valence-electron chi connectivity index (χ3n) is 4.88. The zero-order chi connectivity index (χ0) is 18.2. The molecule has 0 bridgehead atoms. The number of aromatic nitrogens is 2. The number of carbonyl (C=O) groups is 1. The number of benzene rings is 1. The van der Waals surface area contributed by atoms with Gasteiger partial charge in [0.25, 0.3) is 5.91 Å². The highest BCUT2D eigenvalue weighted by Crippen LogP contribution is 2.28. The first kappa shape index (κ1) is 17.7. The maximum atomic E-state index is 13.1. The zero-order valence-corrected chi connectivity index (χ0v) is 15.4. The summed E-state index contributed by atoms with van der Waals surface area (Å²) in [5.74, 6) is 0.191. The second-order valence-electron chi connectivity index (χ2n) is 8.01. The highest BCUT2D eigenvalue weighted by Gasteiger charge is 2.32. The third-order valence-corrected chi connectivity index (χ3v) is 4.88. The lowest BCUT2D eigenvalue weighted by molar-refractivity contribution is 0.0247. The number of aliphatic hydroxyl groups is 1. The number of aliphatic hydroxyl groups excluding tert-OH is 1. The van der Waals surface area contributed by atoms with Crippen LogP contribution in [0.25, 0.3) is 5.69 Å². The van der Waals surface area contributed by atoms with Crippen molar-refractivity contribution in [3.05, 3.63) is 47.8 Å². The van der Waals surface area contributed by atoms with Crippen LogP contribution in [-0.2, 0) is 5.41 Å². The van der Waals surface area contributed by atoms with Crippen LogP contribution in [0.4, 0.5) is 0 Å². The average molecular weight is 341 g/mol. The maximum absolute atomic E-state index is 13.1. The third kappa shape index (κ3) is 3.61. The summed E-state index contributed by atoms with van der Waals surface area (Å²) < 4.78 is 1.77. The van der Waals surface area contributed by atoms with Gasteiger partial charge in [-0.05, 0) is 24.5 Å². The Morgan fingerprint density at radius 1 is 1.24 bits per heavy atom. The minimum atomic E-state index is -0.458. The first-order chi connectivity index (χ1) is 11.8. The van der Waals surface area contributed by atoms with Crippen LogP contribution in [0, 0.1) is 5.92 Å². The van der Waals surface area contributed by atoms with Crippen LogP contribution in [0.2, 0.25) is 0 Å². The van der Waals surface area contributed by atoms with Crippen molar-refractivity contribution in [1.29, 1.82) is 0 Å². The monoisotopic (exact) mass is 341 g/mol. The van der Waals surface area contributed by atoms with Gasteiger partial charge in [0.1, 0.15) is 0 Å². The van der Waals surface area contributed by atoms with Crippen LogP contribution >= 0.6 is 0 Å². The average Bonchev–Trinajstić information content (AvgIpc) is 3.03. The fourth-order valence-corrected chi connectivity index (χ4v) is 3.20. The summed E-state index contributed by atoms with van der Waals surface area (Å²) in [5, 5.41) is 14.8. The fourth-order valence-electron chi connectivity index (χ4n) is 3.20. The summed E-state index contributed by atoms with van der Waals surface area (Å²) in [4.78, 5) is 14.9. The van der Waals surface area contributed by atoms with Gasteiger partial charge in [-0.3, -0.25) is 4.79 Å². The molecule has 1 N–H and O–H groups in total. The van der Waals surface area contributed by atoms with Gasteiger partial charge in [0.2, 0.25) is 0 Å². The normalized spacial score (nSPS) is 21.4. The van der Waals surface area contributed by atoms with E-state index in [1.165, 1.54) is 0 Å². The Kier molecular flexibility index (Phi) is 4.69. The van der Waals surface area contributed by atoms with Crippen molar-refractivity contribution >= 4 is 5.91 Å². The second kappa shape index (κ2) is 6.64. The largest absolute Gasteiger partial charge is 0.391 e. The molecular weight excluding hydrogens is 314 g/mol. The van der Waals surface area contributed by atoms with Gasteiger partial charge in [-0.1, -0.05) is 45.9 Å². The summed E-state index contributed by atoms with van der Waals surface area (Å²) in [6.45, 7) is 9.29. The summed E-state index contributed by atoms with van der Waals surface area (Å²) in [6, 6.07) is 9.81. The molecule has 1 fully saturated rings. The highest BCUT2D eigenvalue weighted by molar-refractivity contribution is 5.95. The Labute approximate surface area is 149 Å². The molecule has 2 atom stereocenters. The highest BCUT2D eigenvalue weighted by atomic mass is 16.3. The number of β-amino-alcohol motifs (C(OH)–C–C–N with tert-alkyl or cyclic N) is 1. The van der Waals surface area contributed by atoms with E-state index in [1.807, 2.05) is 43.5 Å². The van der Waals surface area contributed by atoms with E-state index in [1.54, 1.807) is 9.58 Å². The smallest absolute Gasteiger partial charge is 0.257 e. The Morgan fingerprint density at radius 2 is 1.92 bits per heavy atom. The van der Waals surface area contributed by atoms with Crippen LogP contribution < -0.4 is 0 Å². The molecule has 2 heterocycles. The molecule has 25 heavy (non-hydrogen) atoms. The van der Waals surface area contributed by atoms with Gasteiger partial charge in [0.05, 0.1) is 23.0 Å². The number of hydrogen-bond donors (Lipinski definition) is 1. The summed E-state index contributed by atoms with van der Waals surface area (Å²) in [5.41, 5.74) is 2.10. The van der Waals surface area contributed by atoms with Crippen LogP contribution in [0.5, 0.6) is 0 Å². The zero-order valence-electron chi connectivity index (χ0n) is 15.4. The molecule has 0 radical (unpaired) electrons. The van der Waals surface area contributed by atoms with Gasteiger partial charge in [-0.15, -0.1) is 0 Å². The maximum Gasteiger partial charge on any atom is 0.257 e. The Morgan fingerprint density at radius 3 is 2.52 bits per heavy atom. The lowest BCUT2D eigenvalue weighted by Crippen LogP contribution is -2.46. The lowest BCUT2D eigenvalue weighted by Gasteiger charge is -2.34. The first-order valence-corrected chi connectivity index (χ1v) is 8.90. The Balaban J connectivity index is 1.97. The predicted molar refractivity (Wildman–Crippen MR) is 98.0 cm³/mol. The first-order valence-electron chi connectivity index (χ1n) is 8.90. The molecule has 0 saturated carbocycles. The van der Waals surface area contributed by atoms with Gasteiger partial charge in [0.15, 0.2) is 0 Å². The molecule has 134 valence electrons. The lowest BCUT2D eigenvalue weighted by atomic mass is 9.88. The molecule has 1 aliphatic rings. The summed E-state index contributed by atoms with van der Waals surface area (Å²) in [7, 11) is 0. The van der Waals surface area contributed by atoms with E-state index in [0.29, 0.717) is 18.7 Å². The topological polar surface area (TPSA) is 58.4 Å². The van der Waals surface area contributed by atoms with Crippen LogP contribution in [0.3, 0.4) is 0 Å². The molecule has 3 rings (SSSR count). The number of amides is 1. The molecule has 2 aromatic rings. The fraction of sp³-hybridized carbons (Fsp3) is 0.500. The molecular formula is C20H27N3O2.